The van der Waals surface area contributed by atoms with E-state index in [2.05, 4.69) is 20.9 Å². The van der Waals surface area contributed by atoms with Crippen molar-refractivity contribution in [3.63, 3.8) is 0 Å². The van der Waals surface area contributed by atoms with Gasteiger partial charge in [-0.15, -0.1) is 0 Å². The van der Waals surface area contributed by atoms with Crippen molar-refractivity contribution in [2.45, 2.75) is 26.3 Å². The van der Waals surface area contributed by atoms with Gasteiger partial charge in [-0.3, -0.25) is 4.79 Å². The van der Waals surface area contributed by atoms with Crippen molar-refractivity contribution in [2.24, 2.45) is 0 Å². The second-order valence-electron chi connectivity index (χ2n) is 5.73. The molecule has 0 aliphatic rings. The highest BCUT2D eigenvalue weighted by molar-refractivity contribution is 5.93. The normalized spacial score (nSPS) is 10.2. The van der Waals surface area contributed by atoms with E-state index in [9.17, 15) is 9.59 Å². The van der Waals surface area contributed by atoms with Gasteiger partial charge in [0, 0.05) is 23.5 Å². The van der Waals surface area contributed by atoms with Crippen LogP contribution in [0.4, 0.5) is 16.2 Å². The zero-order chi connectivity index (χ0) is 18.2. The van der Waals surface area contributed by atoms with E-state index in [1.54, 1.807) is 42.5 Å². The lowest BCUT2D eigenvalue weighted by atomic mass is 10.2. The molecule has 0 bridgehead atoms. The first-order chi connectivity index (χ1) is 12.0. The number of pyridine rings is 1. The van der Waals surface area contributed by atoms with Gasteiger partial charge >= 0.3 is 6.03 Å². The fourth-order valence-electron chi connectivity index (χ4n) is 2.11. The summed E-state index contributed by atoms with van der Waals surface area (Å²) in [5.41, 5.74) is 1.91. The van der Waals surface area contributed by atoms with Crippen LogP contribution in [0, 0.1) is 0 Å². The molecule has 0 aliphatic heterocycles. The summed E-state index contributed by atoms with van der Waals surface area (Å²) >= 11 is 0. The van der Waals surface area contributed by atoms with Crippen LogP contribution in [0.5, 0.6) is 5.88 Å². The minimum Gasteiger partial charge on any atom is -0.481 e. The zero-order valence-electron chi connectivity index (χ0n) is 14.5. The van der Waals surface area contributed by atoms with E-state index in [-0.39, 0.29) is 24.4 Å². The molecule has 0 fully saturated rings. The number of aromatic nitrogens is 1. The molecule has 0 saturated carbocycles. The van der Waals surface area contributed by atoms with Crippen LogP contribution in [0.3, 0.4) is 0 Å². The number of anilines is 2. The smallest absolute Gasteiger partial charge is 0.319 e. The van der Waals surface area contributed by atoms with Gasteiger partial charge in [0.05, 0.1) is 19.2 Å². The Bertz CT molecular complexity index is 729. The van der Waals surface area contributed by atoms with Crippen molar-refractivity contribution in [1.82, 2.24) is 10.3 Å². The third kappa shape index (κ3) is 6.14. The topological polar surface area (TPSA) is 92.4 Å². The van der Waals surface area contributed by atoms with E-state index in [0.717, 1.165) is 0 Å². The largest absolute Gasteiger partial charge is 0.481 e. The summed E-state index contributed by atoms with van der Waals surface area (Å²) in [7, 11) is 1.53. The van der Waals surface area contributed by atoms with E-state index in [0.29, 0.717) is 22.9 Å². The summed E-state index contributed by atoms with van der Waals surface area (Å²) in [4.78, 5) is 27.9. The molecule has 2 rings (SSSR count). The standard InChI is InChI=1S/C18H22N4O3/c1-12(2)19-18(24)22-14-9-7-13(8-10-14)20-16(23)11-15-5-4-6-17(21-15)25-3/h4-10,12H,11H2,1-3H3,(H,20,23)(H2,19,22,24). The Hall–Kier alpha value is -3.09. The van der Waals surface area contributed by atoms with Gasteiger partial charge < -0.3 is 20.7 Å². The van der Waals surface area contributed by atoms with Gasteiger partial charge in [-0.1, -0.05) is 6.07 Å². The molecule has 0 radical (unpaired) electrons. The van der Waals surface area contributed by atoms with Gasteiger partial charge in [0.15, 0.2) is 0 Å². The summed E-state index contributed by atoms with van der Waals surface area (Å²) in [6.45, 7) is 3.77. The molecule has 7 heteroatoms. The first kappa shape index (κ1) is 18.3. The molecule has 1 aromatic carbocycles. The number of ether oxygens (including phenoxy) is 1. The van der Waals surface area contributed by atoms with Crippen molar-refractivity contribution >= 4 is 23.3 Å². The van der Waals surface area contributed by atoms with Crippen LogP contribution in [-0.2, 0) is 11.2 Å². The Morgan fingerprint density at radius 1 is 1.04 bits per heavy atom. The molecule has 3 amide bonds. The Morgan fingerprint density at radius 2 is 1.68 bits per heavy atom. The van der Waals surface area contributed by atoms with Gasteiger partial charge in [0.1, 0.15) is 0 Å². The summed E-state index contributed by atoms with van der Waals surface area (Å²) in [6.07, 6.45) is 0.147. The van der Waals surface area contributed by atoms with Gasteiger partial charge in [-0.2, -0.15) is 0 Å². The highest BCUT2D eigenvalue weighted by Crippen LogP contribution is 2.14. The highest BCUT2D eigenvalue weighted by Gasteiger charge is 2.07. The molecule has 0 spiro atoms. The molecule has 0 aliphatic carbocycles. The van der Waals surface area contributed by atoms with E-state index < -0.39 is 0 Å². The summed E-state index contributed by atoms with van der Waals surface area (Å²) in [6, 6.07) is 12.0. The maximum Gasteiger partial charge on any atom is 0.319 e. The number of amides is 3. The third-order valence-electron chi connectivity index (χ3n) is 3.18. The predicted molar refractivity (Wildman–Crippen MR) is 96.9 cm³/mol. The summed E-state index contributed by atoms with van der Waals surface area (Å²) in [5, 5.41) is 8.25. The van der Waals surface area contributed by atoms with Crippen molar-refractivity contribution in [3.8, 4) is 5.88 Å². The summed E-state index contributed by atoms with van der Waals surface area (Å²) < 4.78 is 5.04. The van der Waals surface area contributed by atoms with Gasteiger partial charge in [0.2, 0.25) is 11.8 Å². The predicted octanol–water partition coefficient (Wildman–Crippen LogP) is 2.80. The van der Waals surface area contributed by atoms with Crippen LogP contribution in [0.1, 0.15) is 19.5 Å². The molecule has 132 valence electrons. The van der Waals surface area contributed by atoms with Crippen LogP contribution in [0.15, 0.2) is 42.5 Å². The third-order valence-corrected chi connectivity index (χ3v) is 3.18. The molecule has 1 aromatic heterocycles. The molecular formula is C18H22N4O3. The minimum absolute atomic E-state index is 0.0591. The molecular weight excluding hydrogens is 320 g/mol. The zero-order valence-corrected chi connectivity index (χ0v) is 14.5. The Labute approximate surface area is 146 Å². The van der Waals surface area contributed by atoms with Gasteiger partial charge in [-0.25, -0.2) is 9.78 Å². The maximum absolute atomic E-state index is 12.1. The lowest BCUT2D eigenvalue weighted by Crippen LogP contribution is -2.34. The van der Waals surface area contributed by atoms with Gasteiger partial charge in [-0.05, 0) is 44.2 Å². The average molecular weight is 342 g/mol. The van der Waals surface area contributed by atoms with Gasteiger partial charge in [0.25, 0.3) is 0 Å². The molecule has 3 N–H and O–H groups in total. The summed E-state index contributed by atoms with van der Waals surface area (Å²) in [5.74, 6) is 0.291. The van der Waals surface area contributed by atoms with Crippen LogP contribution in [-0.4, -0.2) is 30.1 Å². The first-order valence-electron chi connectivity index (χ1n) is 7.93. The molecule has 1 heterocycles. The number of hydrogen-bond donors (Lipinski definition) is 3. The number of carbonyl (C=O) groups is 2. The number of nitrogens with zero attached hydrogens (tertiary/aromatic N) is 1. The van der Waals surface area contributed by atoms with Crippen LogP contribution < -0.4 is 20.7 Å². The highest BCUT2D eigenvalue weighted by atomic mass is 16.5. The molecule has 0 saturated heterocycles. The lowest BCUT2D eigenvalue weighted by molar-refractivity contribution is -0.115. The number of benzene rings is 1. The quantitative estimate of drug-likeness (QED) is 0.753. The average Bonchev–Trinajstić information content (AvgIpc) is 2.56. The molecule has 25 heavy (non-hydrogen) atoms. The van der Waals surface area contributed by atoms with E-state index in [4.69, 9.17) is 4.74 Å². The molecule has 7 nitrogen and oxygen atoms in total. The monoisotopic (exact) mass is 342 g/mol. The van der Waals surface area contributed by atoms with Crippen molar-refractivity contribution in [3.05, 3.63) is 48.2 Å². The fourth-order valence-corrected chi connectivity index (χ4v) is 2.11. The number of carbonyl (C=O) groups excluding carboxylic acids is 2. The van der Waals surface area contributed by atoms with Crippen LogP contribution in [0.2, 0.25) is 0 Å². The van der Waals surface area contributed by atoms with Crippen molar-refractivity contribution < 1.29 is 14.3 Å². The second kappa shape index (κ2) is 8.68. The minimum atomic E-state index is -0.268. The fraction of sp³-hybridized carbons (Fsp3) is 0.278. The van der Waals surface area contributed by atoms with Crippen LogP contribution in [0.25, 0.3) is 0 Å². The SMILES string of the molecule is COc1cccc(CC(=O)Nc2ccc(NC(=O)NC(C)C)cc2)n1. The number of rotatable bonds is 6. The van der Waals surface area contributed by atoms with Crippen molar-refractivity contribution in [2.75, 3.05) is 17.7 Å². The lowest BCUT2D eigenvalue weighted by Gasteiger charge is -2.11. The van der Waals surface area contributed by atoms with E-state index in [1.807, 2.05) is 13.8 Å². The first-order valence-corrected chi connectivity index (χ1v) is 7.93. The molecule has 2 aromatic rings. The molecule has 0 unspecified atom stereocenters. The Morgan fingerprint density at radius 3 is 2.28 bits per heavy atom. The number of methoxy groups -OCH3 is 1. The number of hydrogen-bond acceptors (Lipinski definition) is 4. The Balaban J connectivity index is 1.89. The van der Waals surface area contributed by atoms with Crippen molar-refractivity contribution in [1.29, 1.82) is 0 Å². The molecule has 0 atom stereocenters. The van der Waals surface area contributed by atoms with E-state index in [1.165, 1.54) is 7.11 Å². The number of urea groups is 1. The maximum atomic E-state index is 12.1. The Kier molecular flexibility index (Phi) is 6.33. The second-order valence-corrected chi connectivity index (χ2v) is 5.73. The van der Waals surface area contributed by atoms with Crippen LogP contribution >= 0.6 is 0 Å². The van der Waals surface area contributed by atoms with E-state index >= 15 is 0 Å². The number of nitrogens with one attached hydrogen (secondary N) is 3.